The van der Waals surface area contributed by atoms with E-state index in [4.69, 9.17) is 0 Å². The third-order valence-corrected chi connectivity index (χ3v) is 7.25. The summed E-state index contributed by atoms with van der Waals surface area (Å²) in [6.45, 7) is 14.5. The van der Waals surface area contributed by atoms with E-state index in [9.17, 15) is 8.42 Å². The van der Waals surface area contributed by atoms with Crippen molar-refractivity contribution in [2.45, 2.75) is 46.6 Å². The molecule has 2 saturated heterocycles. The van der Waals surface area contributed by atoms with E-state index >= 15 is 0 Å². The smallest absolute Gasteiger partial charge is 0.214 e. The van der Waals surface area contributed by atoms with E-state index in [2.05, 4.69) is 49.8 Å². The Morgan fingerprint density at radius 1 is 1.27 bits per heavy atom. The standard InChI is InChI=1S/C15H30N4O2S/c1-6-16-13(19-12-14(2,3)15(19,4)5)17-8-10-18-9-7-11-22(18,20)21/h6-12H2,1-5H3,(H,16,17). The number of nitrogens with zero attached hydrogens (tertiary/aromatic N) is 3. The van der Waals surface area contributed by atoms with Gasteiger partial charge < -0.3 is 10.2 Å². The molecule has 0 atom stereocenters. The average molecular weight is 330 g/mol. The molecule has 22 heavy (non-hydrogen) atoms. The molecule has 0 aromatic heterocycles. The van der Waals surface area contributed by atoms with Gasteiger partial charge in [-0.2, -0.15) is 0 Å². The summed E-state index contributed by atoms with van der Waals surface area (Å²) in [4.78, 5) is 6.94. The lowest BCUT2D eigenvalue weighted by molar-refractivity contribution is -0.0667. The van der Waals surface area contributed by atoms with Crippen LogP contribution in [-0.4, -0.2) is 67.6 Å². The number of hydrogen-bond acceptors (Lipinski definition) is 3. The summed E-state index contributed by atoms with van der Waals surface area (Å²) < 4.78 is 25.2. The zero-order valence-corrected chi connectivity index (χ0v) is 15.3. The summed E-state index contributed by atoms with van der Waals surface area (Å²) in [5.41, 5.74) is 0.301. The fraction of sp³-hybridized carbons (Fsp3) is 0.933. The van der Waals surface area contributed by atoms with E-state index in [0.29, 0.717) is 19.6 Å². The zero-order chi connectivity index (χ0) is 16.6. The molecule has 0 aliphatic carbocycles. The van der Waals surface area contributed by atoms with Crippen LogP contribution in [0.15, 0.2) is 4.99 Å². The van der Waals surface area contributed by atoms with E-state index in [1.807, 2.05) is 0 Å². The molecule has 2 rings (SSSR count). The Hall–Kier alpha value is -0.820. The van der Waals surface area contributed by atoms with Crippen molar-refractivity contribution >= 4 is 16.0 Å². The fourth-order valence-corrected chi connectivity index (χ4v) is 4.52. The Morgan fingerprint density at radius 2 is 1.95 bits per heavy atom. The normalized spacial score (nSPS) is 26.8. The molecule has 1 N–H and O–H groups in total. The second-order valence-electron chi connectivity index (χ2n) is 7.33. The first-order chi connectivity index (χ1) is 10.1. The lowest BCUT2D eigenvalue weighted by atomic mass is 9.65. The van der Waals surface area contributed by atoms with Crippen LogP contribution < -0.4 is 5.32 Å². The molecule has 0 bridgehead atoms. The average Bonchev–Trinajstić information content (AvgIpc) is 2.74. The third-order valence-electron chi connectivity index (χ3n) is 5.29. The minimum atomic E-state index is -3.02. The van der Waals surface area contributed by atoms with Crippen LogP contribution >= 0.6 is 0 Å². The molecule has 2 aliphatic rings. The quantitative estimate of drug-likeness (QED) is 0.619. The van der Waals surface area contributed by atoms with Crippen LogP contribution in [0, 0.1) is 5.41 Å². The highest BCUT2D eigenvalue weighted by Gasteiger charge is 2.53. The summed E-state index contributed by atoms with van der Waals surface area (Å²) in [7, 11) is -3.02. The first-order valence-corrected chi connectivity index (χ1v) is 9.76. The zero-order valence-electron chi connectivity index (χ0n) is 14.5. The molecule has 0 saturated carbocycles. The number of rotatable bonds is 4. The van der Waals surface area contributed by atoms with Crippen LogP contribution in [0.25, 0.3) is 0 Å². The topological polar surface area (TPSA) is 65.0 Å². The van der Waals surface area contributed by atoms with Gasteiger partial charge in [0, 0.05) is 37.1 Å². The van der Waals surface area contributed by atoms with Crippen molar-refractivity contribution in [1.82, 2.24) is 14.5 Å². The van der Waals surface area contributed by atoms with Gasteiger partial charge in [0.05, 0.1) is 12.3 Å². The van der Waals surface area contributed by atoms with E-state index in [0.717, 1.165) is 25.5 Å². The van der Waals surface area contributed by atoms with Crippen LogP contribution in [-0.2, 0) is 10.0 Å². The molecule has 7 heteroatoms. The third kappa shape index (κ3) is 3.11. The number of aliphatic imine (C=N–C) groups is 1. The molecule has 2 fully saturated rings. The lowest BCUT2D eigenvalue weighted by Gasteiger charge is -2.62. The van der Waals surface area contributed by atoms with Gasteiger partial charge in [-0.25, -0.2) is 12.7 Å². The number of nitrogens with one attached hydrogen (secondary N) is 1. The van der Waals surface area contributed by atoms with Gasteiger partial charge >= 0.3 is 0 Å². The van der Waals surface area contributed by atoms with Crippen molar-refractivity contribution in [3.8, 4) is 0 Å². The molecule has 2 aliphatic heterocycles. The van der Waals surface area contributed by atoms with Crippen molar-refractivity contribution < 1.29 is 8.42 Å². The second-order valence-corrected chi connectivity index (χ2v) is 9.42. The van der Waals surface area contributed by atoms with Gasteiger partial charge in [0.2, 0.25) is 10.0 Å². The summed E-state index contributed by atoms with van der Waals surface area (Å²) in [5.74, 6) is 1.17. The van der Waals surface area contributed by atoms with E-state index < -0.39 is 10.0 Å². The van der Waals surface area contributed by atoms with E-state index in [-0.39, 0.29) is 16.7 Å². The maximum absolute atomic E-state index is 11.8. The van der Waals surface area contributed by atoms with Crippen molar-refractivity contribution in [3.63, 3.8) is 0 Å². The SMILES string of the molecule is CCNC(=NCCN1CCCS1(=O)=O)N1CC(C)(C)C1(C)C. The number of likely N-dealkylation sites (tertiary alicyclic amines) is 1. The molecular weight excluding hydrogens is 300 g/mol. The Labute approximate surface area is 135 Å². The van der Waals surface area contributed by atoms with Gasteiger partial charge in [-0.3, -0.25) is 4.99 Å². The van der Waals surface area contributed by atoms with Crippen LogP contribution in [0.3, 0.4) is 0 Å². The number of hydrogen-bond donors (Lipinski definition) is 1. The van der Waals surface area contributed by atoms with Gasteiger partial charge in [-0.15, -0.1) is 0 Å². The van der Waals surface area contributed by atoms with E-state index in [1.54, 1.807) is 4.31 Å². The van der Waals surface area contributed by atoms with E-state index in [1.165, 1.54) is 0 Å². The van der Waals surface area contributed by atoms with Crippen LogP contribution in [0.1, 0.15) is 41.0 Å². The van der Waals surface area contributed by atoms with Gasteiger partial charge in [-0.1, -0.05) is 13.8 Å². The Morgan fingerprint density at radius 3 is 2.41 bits per heavy atom. The molecule has 6 nitrogen and oxygen atoms in total. The highest BCUT2D eigenvalue weighted by molar-refractivity contribution is 7.89. The summed E-state index contributed by atoms with van der Waals surface area (Å²) in [5, 5.41) is 3.33. The predicted molar refractivity (Wildman–Crippen MR) is 90.5 cm³/mol. The largest absolute Gasteiger partial charge is 0.356 e. The Bertz CT molecular complexity index is 540. The Kier molecular flexibility index (Phi) is 4.78. The lowest BCUT2D eigenvalue weighted by Crippen LogP contribution is -2.72. The molecule has 0 amide bonds. The molecule has 0 radical (unpaired) electrons. The van der Waals surface area contributed by atoms with Crippen molar-refractivity contribution in [3.05, 3.63) is 0 Å². The van der Waals surface area contributed by atoms with Gasteiger partial charge in [0.15, 0.2) is 5.96 Å². The van der Waals surface area contributed by atoms with Crippen molar-refractivity contribution in [2.75, 3.05) is 38.5 Å². The molecule has 128 valence electrons. The van der Waals surface area contributed by atoms with Crippen molar-refractivity contribution in [2.24, 2.45) is 10.4 Å². The monoisotopic (exact) mass is 330 g/mol. The molecule has 0 unspecified atom stereocenters. The minimum Gasteiger partial charge on any atom is -0.356 e. The summed E-state index contributed by atoms with van der Waals surface area (Å²) in [6, 6.07) is 0. The first kappa shape index (κ1) is 17.5. The van der Waals surface area contributed by atoms with Gasteiger partial charge in [0.1, 0.15) is 0 Å². The highest BCUT2D eigenvalue weighted by atomic mass is 32.2. The number of guanidine groups is 1. The minimum absolute atomic E-state index is 0.0493. The fourth-order valence-electron chi connectivity index (χ4n) is 3.00. The van der Waals surface area contributed by atoms with Crippen molar-refractivity contribution in [1.29, 1.82) is 0 Å². The van der Waals surface area contributed by atoms with Crippen LogP contribution in [0.4, 0.5) is 0 Å². The molecule has 0 spiro atoms. The maximum Gasteiger partial charge on any atom is 0.214 e. The molecule has 2 heterocycles. The van der Waals surface area contributed by atoms with Crippen LogP contribution in [0.2, 0.25) is 0 Å². The first-order valence-electron chi connectivity index (χ1n) is 8.15. The van der Waals surface area contributed by atoms with Crippen LogP contribution in [0.5, 0.6) is 0 Å². The Balaban J connectivity index is 2.00. The predicted octanol–water partition coefficient (Wildman–Crippen LogP) is 1.11. The van der Waals surface area contributed by atoms with Gasteiger partial charge in [-0.05, 0) is 27.2 Å². The molecular formula is C15H30N4O2S. The second kappa shape index (κ2) is 6.00. The summed E-state index contributed by atoms with van der Waals surface area (Å²) in [6.07, 6.45) is 0.736. The van der Waals surface area contributed by atoms with Gasteiger partial charge in [0.25, 0.3) is 0 Å². The molecule has 0 aromatic carbocycles. The number of sulfonamides is 1. The summed E-state index contributed by atoms with van der Waals surface area (Å²) >= 11 is 0. The maximum atomic E-state index is 11.8. The highest BCUT2D eigenvalue weighted by Crippen LogP contribution is 2.46. The molecule has 0 aromatic rings.